The van der Waals surface area contributed by atoms with Gasteiger partial charge in [-0.3, -0.25) is 0 Å². The van der Waals surface area contributed by atoms with E-state index in [1.165, 1.54) is 11.3 Å². The molecule has 0 aliphatic heterocycles. The van der Waals surface area contributed by atoms with Gasteiger partial charge in [0, 0.05) is 17.5 Å². The highest BCUT2D eigenvalue weighted by Crippen LogP contribution is 2.30. The molecule has 3 heteroatoms. The van der Waals surface area contributed by atoms with Crippen molar-refractivity contribution in [2.24, 2.45) is 0 Å². The molecule has 0 radical (unpaired) electrons. The highest BCUT2D eigenvalue weighted by atomic mass is 32.1. The molecule has 1 atom stereocenters. The van der Waals surface area contributed by atoms with Gasteiger partial charge in [0.2, 0.25) is 0 Å². The van der Waals surface area contributed by atoms with E-state index in [2.05, 4.69) is 29.8 Å². The minimum atomic E-state index is -0.399. The monoisotopic (exact) mass is 225 g/mol. The Hall–Kier alpha value is -0.380. The highest BCUT2D eigenvalue weighted by Gasteiger charge is 2.34. The first-order chi connectivity index (χ1) is 7.18. The standard InChI is InChI=1S/C12H19NOS/c1-10(8-11-4-2-7-15-11)13-9-12(14)5-3-6-12/h2,4,7,10,13-14H,3,5-6,8-9H2,1H3. The van der Waals surface area contributed by atoms with Crippen LogP contribution in [-0.4, -0.2) is 23.3 Å². The highest BCUT2D eigenvalue weighted by molar-refractivity contribution is 7.09. The minimum Gasteiger partial charge on any atom is -0.389 e. The van der Waals surface area contributed by atoms with Gasteiger partial charge in [-0.2, -0.15) is 0 Å². The maximum atomic E-state index is 9.93. The molecule has 1 aliphatic carbocycles. The summed E-state index contributed by atoms with van der Waals surface area (Å²) in [7, 11) is 0. The lowest BCUT2D eigenvalue weighted by molar-refractivity contribution is -0.0328. The van der Waals surface area contributed by atoms with E-state index >= 15 is 0 Å². The minimum absolute atomic E-state index is 0.399. The Balaban J connectivity index is 1.70. The summed E-state index contributed by atoms with van der Waals surface area (Å²) in [5, 5.41) is 15.5. The molecule has 1 aromatic rings. The Morgan fingerprint density at radius 1 is 1.60 bits per heavy atom. The largest absolute Gasteiger partial charge is 0.389 e. The normalized spacial score (nSPS) is 20.9. The Kier molecular flexibility index (Phi) is 3.44. The van der Waals surface area contributed by atoms with Crippen molar-refractivity contribution >= 4 is 11.3 Å². The number of hydrogen-bond donors (Lipinski definition) is 2. The van der Waals surface area contributed by atoms with Crippen molar-refractivity contribution in [3.8, 4) is 0 Å². The smallest absolute Gasteiger partial charge is 0.0771 e. The molecule has 0 bridgehead atoms. The molecule has 1 saturated carbocycles. The van der Waals surface area contributed by atoms with Gasteiger partial charge in [0.1, 0.15) is 0 Å². The third kappa shape index (κ3) is 3.03. The molecule has 0 spiro atoms. The summed E-state index contributed by atoms with van der Waals surface area (Å²) in [6.07, 6.45) is 4.17. The molecule has 84 valence electrons. The van der Waals surface area contributed by atoms with E-state index in [9.17, 15) is 5.11 Å². The van der Waals surface area contributed by atoms with Crippen LogP contribution in [0.15, 0.2) is 17.5 Å². The van der Waals surface area contributed by atoms with Crippen LogP contribution < -0.4 is 5.32 Å². The van der Waals surface area contributed by atoms with E-state index in [0.717, 1.165) is 25.8 Å². The zero-order valence-electron chi connectivity index (χ0n) is 9.20. The summed E-state index contributed by atoms with van der Waals surface area (Å²) in [5.41, 5.74) is -0.399. The molecule has 0 saturated heterocycles. The van der Waals surface area contributed by atoms with Crippen LogP contribution in [0.25, 0.3) is 0 Å². The van der Waals surface area contributed by atoms with Gasteiger partial charge in [-0.15, -0.1) is 11.3 Å². The predicted octanol–water partition coefficient (Wildman–Crippen LogP) is 2.18. The van der Waals surface area contributed by atoms with E-state index in [1.807, 2.05) is 0 Å². The van der Waals surface area contributed by atoms with Gasteiger partial charge < -0.3 is 10.4 Å². The van der Waals surface area contributed by atoms with Gasteiger partial charge in [0.15, 0.2) is 0 Å². The number of thiophene rings is 1. The first-order valence-electron chi connectivity index (χ1n) is 5.66. The first kappa shape index (κ1) is 11.1. The second kappa shape index (κ2) is 4.64. The molecule has 1 aromatic heterocycles. The Labute approximate surface area is 95.3 Å². The summed E-state index contributed by atoms with van der Waals surface area (Å²) in [6.45, 7) is 2.93. The van der Waals surface area contributed by atoms with Crippen molar-refractivity contribution in [2.45, 2.75) is 44.2 Å². The fourth-order valence-electron chi connectivity index (χ4n) is 1.93. The molecule has 0 amide bonds. The zero-order valence-corrected chi connectivity index (χ0v) is 10.0. The molecule has 2 nitrogen and oxygen atoms in total. The number of rotatable bonds is 5. The van der Waals surface area contributed by atoms with Crippen molar-refractivity contribution < 1.29 is 5.11 Å². The summed E-state index contributed by atoms with van der Waals surface area (Å²) >= 11 is 1.80. The zero-order chi connectivity index (χ0) is 10.7. The predicted molar refractivity (Wildman–Crippen MR) is 64.3 cm³/mol. The Morgan fingerprint density at radius 3 is 2.93 bits per heavy atom. The van der Waals surface area contributed by atoms with Crippen LogP contribution in [0, 0.1) is 0 Å². The summed E-state index contributed by atoms with van der Waals surface area (Å²) in [6, 6.07) is 4.71. The number of hydrogen-bond acceptors (Lipinski definition) is 3. The number of aliphatic hydroxyl groups is 1. The third-order valence-electron chi connectivity index (χ3n) is 3.15. The molecular weight excluding hydrogens is 206 g/mol. The molecule has 2 N–H and O–H groups in total. The molecule has 1 aliphatic rings. The molecular formula is C12H19NOS. The van der Waals surface area contributed by atoms with Crippen molar-refractivity contribution in [1.82, 2.24) is 5.32 Å². The average molecular weight is 225 g/mol. The lowest BCUT2D eigenvalue weighted by atomic mass is 9.80. The van der Waals surface area contributed by atoms with Crippen molar-refractivity contribution in [2.75, 3.05) is 6.54 Å². The maximum Gasteiger partial charge on any atom is 0.0771 e. The summed E-state index contributed by atoms with van der Waals surface area (Å²) < 4.78 is 0. The third-order valence-corrected chi connectivity index (χ3v) is 4.05. The molecule has 1 unspecified atom stereocenters. The van der Waals surface area contributed by atoms with Gasteiger partial charge in [0.25, 0.3) is 0 Å². The number of nitrogens with one attached hydrogen (secondary N) is 1. The van der Waals surface area contributed by atoms with Crippen LogP contribution in [0.5, 0.6) is 0 Å². The lowest BCUT2D eigenvalue weighted by Gasteiger charge is -2.37. The fraction of sp³-hybridized carbons (Fsp3) is 0.667. The molecule has 1 heterocycles. The Bertz CT molecular complexity index is 293. The first-order valence-corrected chi connectivity index (χ1v) is 6.54. The quantitative estimate of drug-likeness (QED) is 0.805. The van der Waals surface area contributed by atoms with Crippen LogP contribution in [0.2, 0.25) is 0 Å². The van der Waals surface area contributed by atoms with Crippen LogP contribution in [-0.2, 0) is 6.42 Å². The van der Waals surface area contributed by atoms with Gasteiger partial charge >= 0.3 is 0 Å². The molecule has 0 aromatic carbocycles. The maximum absolute atomic E-state index is 9.93. The van der Waals surface area contributed by atoms with Crippen LogP contribution in [0.4, 0.5) is 0 Å². The molecule has 2 rings (SSSR count). The second-order valence-corrected chi connectivity index (χ2v) is 5.68. The van der Waals surface area contributed by atoms with E-state index in [0.29, 0.717) is 6.04 Å². The topological polar surface area (TPSA) is 32.3 Å². The van der Waals surface area contributed by atoms with E-state index in [1.54, 1.807) is 11.3 Å². The van der Waals surface area contributed by atoms with E-state index in [-0.39, 0.29) is 0 Å². The van der Waals surface area contributed by atoms with E-state index < -0.39 is 5.60 Å². The second-order valence-electron chi connectivity index (χ2n) is 4.64. The van der Waals surface area contributed by atoms with Gasteiger partial charge in [-0.25, -0.2) is 0 Å². The SMILES string of the molecule is CC(Cc1cccs1)NCC1(O)CCC1. The van der Waals surface area contributed by atoms with Gasteiger partial charge in [0.05, 0.1) is 5.60 Å². The van der Waals surface area contributed by atoms with Gasteiger partial charge in [-0.1, -0.05) is 6.07 Å². The van der Waals surface area contributed by atoms with E-state index in [4.69, 9.17) is 0 Å². The lowest BCUT2D eigenvalue weighted by Crippen LogP contribution is -2.48. The van der Waals surface area contributed by atoms with Crippen molar-refractivity contribution in [3.05, 3.63) is 22.4 Å². The van der Waals surface area contributed by atoms with Gasteiger partial charge in [-0.05, 0) is 44.1 Å². The molecule has 15 heavy (non-hydrogen) atoms. The van der Waals surface area contributed by atoms with Crippen LogP contribution >= 0.6 is 11.3 Å². The summed E-state index contributed by atoms with van der Waals surface area (Å²) in [4.78, 5) is 1.41. The fourth-order valence-corrected chi connectivity index (χ4v) is 2.76. The van der Waals surface area contributed by atoms with Crippen LogP contribution in [0.3, 0.4) is 0 Å². The average Bonchev–Trinajstić information content (AvgIpc) is 2.64. The van der Waals surface area contributed by atoms with Crippen molar-refractivity contribution in [3.63, 3.8) is 0 Å². The molecule has 1 fully saturated rings. The Morgan fingerprint density at radius 2 is 2.40 bits per heavy atom. The summed E-state index contributed by atoms with van der Waals surface area (Å²) in [5.74, 6) is 0. The van der Waals surface area contributed by atoms with Crippen LogP contribution in [0.1, 0.15) is 31.1 Å². The van der Waals surface area contributed by atoms with Crippen molar-refractivity contribution in [1.29, 1.82) is 0 Å².